The number of esters is 4. The molecule has 5 heterocycles. The van der Waals surface area contributed by atoms with Crippen LogP contribution in [0.3, 0.4) is 0 Å². The van der Waals surface area contributed by atoms with Gasteiger partial charge in [-0.2, -0.15) is 44.7 Å². The second kappa shape index (κ2) is 26.2. The third kappa shape index (κ3) is 14.5. The predicted molar refractivity (Wildman–Crippen MR) is 349 cm³/mol. The van der Waals surface area contributed by atoms with Crippen LogP contribution in [0, 0.1) is 0 Å². The van der Waals surface area contributed by atoms with E-state index in [1.54, 1.807) is 163 Å². The van der Waals surface area contributed by atoms with E-state index in [0.29, 0.717) is 0 Å². The highest BCUT2D eigenvalue weighted by Gasteiger charge is 2.33. The molecule has 0 atom stereocenters. The van der Waals surface area contributed by atoms with Gasteiger partial charge in [0.1, 0.15) is 32.8 Å². The van der Waals surface area contributed by atoms with Crippen molar-refractivity contribution in [3.8, 4) is 52.3 Å². The van der Waals surface area contributed by atoms with E-state index in [2.05, 4.69) is 45.6 Å². The first kappa shape index (κ1) is 66.0. The number of aromatic nitrogens is 11. The number of anilines is 2. The Hall–Kier alpha value is -12.5. The van der Waals surface area contributed by atoms with Crippen LogP contribution in [0.1, 0.15) is 94.4 Å². The number of carbonyl (C=O) groups excluding carboxylic acids is 4. The van der Waals surface area contributed by atoms with Crippen LogP contribution in [0.25, 0.3) is 23.3 Å². The van der Waals surface area contributed by atoms with Crippen LogP contribution in [0.2, 0.25) is 0 Å². The first-order valence-electron chi connectivity index (χ1n) is 29.0. The summed E-state index contributed by atoms with van der Waals surface area (Å²) >= 11 is 0. The maximum Gasteiger partial charge on any atom is 0.343 e. The minimum Gasteiger partial charge on any atom is -0.479 e. The molecule has 0 saturated heterocycles. The fraction of sp³-hybridized carbons (Fsp3) is 0.154. The standard InChI is InChI=1S/C65H57N17O13S2/c1-64(2,3)51-49(73-75-55-47(96(7,88)89)35-68-79(55)41-31-37(57(83)92-43-21-13-9-14-22-43)29-38(32-41)58(84)93-44-23-15-10-16-24-44)53(66)81(77-51)61-70-62(72-63(87)71-61)82-54(67)50(52(78-82)65(4,5)6)74-76-56-48(97(8,90)91)36-69-80(56)42-33-39(59(85)94-45-25-17-11-18-26-45)30-40(34-42)60(86)95-46-27-19-12-20-28-46/h9-36H,66-67H2,1-8H3,(H,70,71,72,87). The fourth-order valence-corrected chi connectivity index (χ4v) is 10.8. The van der Waals surface area contributed by atoms with Crippen molar-refractivity contribution in [3.05, 3.63) is 204 Å². The minimum atomic E-state index is -4.17. The zero-order valence-corrected chi connectivity index (χ0v) is 54.3. The molecule has 0 unspecified atom stereocenters. The van der Waals surface area contributed by atoms with Crippen molar-refractivity contribution in [1.82, 2.24) is 54.1 Å². The van der Waals surface area contributed by atoms with Gasteiger partial charge in [0, 0.05) is 23.3 Å². The molecule has 32 heteroatoms. The fourth-order valence-electron chi connectivity index (χ4n) is 9.38. The summed E-state index contributed by atoms with van der Waals surface area (Å²) in [7, 11) is -8.34. The SMILES string of the molecule is CC(C)(C)c1nn(-c2nc(O)nc(-n3nc(C(C)(C)C)c(N=Nc4c(S(C)(=O)=O)cnn4-c4cc(C(=O)Oc5ccccc5)cc(C(=O)Oc5ccccc5)c4)c3N)n2)c(N)c1N=Nc1c(S(C)(=O)=O)cnn1-c1cc(C(=O)Oc2ccccc2)cc(C(=O)Oc2ccccc2)c1. The Labute approximate surface area is 552 Å². The Morgan fingerprint density at radius 3 is 0.990 bits per heavy atom. The predicted octanol–water partition coefficient (Wildman–Crippen LogP) is 10.6. The number of sulfone groups is 2. The van der Waals surface area contributed by atoms with Crippen LogP contribution in [-0.2, 0) is 30.5 Å². The van der Waals surface area contributed by atoms with Crippen molar-refractivity contribution >= 4 is 78.2 Å². The number of nitrogens with two attached hydrogens (primary N) is 2. The quantitative estimate of drug-likeness (QED) is 0.0408. The smallest absolute Gasteiger partial charge is 0.343 e. The van der Waals surface area contributed by atoms with Crippen LogP contribution in [0.15, 0.2) is 200 Å². The highest BCUT2D eigenvalue weighted by molar-refractivity contribution is 7.91. The first-order chi connectivity index (χ1) is 46.0. The van der Waals surface area contributed by atoms with E-state index in [9.17, 15) is 41.1 Å². The molecule has 0 aliphatic heterocycles. The van der Waals surface area contributed by atoms with E-state index in [1.165, 1.54) is 36.4 Å². The molecule has 492 valence electrons. The molecule has 0 spiro atoms. The Balaban J connectivity index is 0.980. The number of aromatic hydroxyl groups is 1. The second-order valence-electron chi connectivity index (χ2n) is 23.5. The molecule has 11 rings (SSSR count). The monoisotopic (exact) mass is 1350 g/mol. The molecule has 6 aromatic carbocycles. The van der Waals surface area contributed by atoms with Crippen molar-refractivity contribution in [1.29, 1.82) is 0 Å². The summed E-state index contributed by atoms with van der Waals surface area (Å²) in [5.41, 5.74) is 11.2. The number of hydrogen-bond donors (Lipinski definition) is 3. The molecular formula is C65H57N17O13S2. The molecular weight excluding hydrogens is 1290 g/mol. The number of nitrogens with zero attached hydrogens (tertiary/aromatic N) is 15. The summed E-state index contributed by atoms with van der Waals surface area (Å²) in [6.45, 7) is 10.6. The summed E-state index contributed by atoms with van der Waals surface area (Å²) in [5.74, 6) is -5.10. The Morgan fingerprint density at radius 2 is 0.722 bits per heavy atom. The van der Waals surface area contributed by atoms with Crippen molar-refractivity contribution < 1.29 is 60.1 Å². The van der Waals surface area contributed by atoms with Gasteiger partial charge in [0.05, 0.1) is 57.4 Å². The zero-order valence-electron chi connectivity index (χ0n) is 52.7. The van der Waals surface area contributed by atoms with Crippen LogP contribution in [-0.4, -0.2) is 112 Å². The lowest BCUT2D eigenvalue weighted by Gasteiger charge is -2.15. The number of nitrogen functional groups attached to an aromatic ring is 2. The van der Waals surface area contributed by atoms with Gasteiger partial charge in [-0.25, -0.2) is 45.4 Å². The van der Waals surface area contributed by atoms with Gasteiger partial charge in [-0.05, 0) is 84.9 Å². The maximum atomic E-state index is 13.8. The molecule has 5 N–H and O–H groups in total. The second-order valence-corrected chi connectivity index (χ2v) is 27.5. The summed E-state index contributed by atoms with van der Waals surface area (Å²) in [6, 6.07) is 39.3. The number of para-hydroxylation sites is 4. The topological polar surface area (TPSA) is 405 Å². The van der Waals surface area contributed by atoms with Crippen molar-refractivity contribution in [2.45, 2.75) is 62.2 Å². The average molecular weight is 1350 g/mol. The van der Waals surface area contributed by atoms with Crippen LogP contribution in [0.4, 0.5) is 34.6 Å². The number of rotatable bonds is 18. The van der Waals surface area contributed by atoms with Crippen LogP contribution < -0.4 is 30.4 Å². The minimum absolute atomic E-state index is 0.0502. The van der Waals surface area contributed by atoms with E-state index in [4.69, 9.17) is 40.6 Å². The summed E-state index contributed by atoms with van der Waals surface area (Å²) < 4.78 is 80.6. The van der Waals surface area contributed by atoms with Crippen LogP contribution >= 0.6 is 0 Å². The highest BCUT2D eigenvalue weighted by atomic mass is 32.2. The Morgan fingerprint density at radius 1 is 0.433 bits per heavy atom. The number of ether oxygens (including phenoxy) is 4. The number of hydrogen-bond acceptors (Lipinski definition) is 26. The van der Waals surface area contributed by atoms with Crippen molar-refractivity contribution in [3.63, 3.8) is 0 Å². The molecule has 5 aromatic heterocycles. The molecule has 0 saturated carbocycles. The molecule has 0 bridgehead atoms. The first-order valence-corrected chi connectivity index (χ1v) is 32.8. The van der Waals surface area contributed by atoms with Gasteiger partial charge in [0.15, 0.2) is 54.3 Å². The molecule has 11 aromatic rings. The average Bonchev–Trinajstić information content (AvgIpc) is 1.69. The van der Waals surface area contributed by atoms with Gasteiger partial charge >= 0.3 is 29.9 Å². The largest absolute Gasteiger partial charge is 0.479 e. The summed E-state index contributed by atoms with van der Waals surface area (Å²) in [4.78, 5) is 67.1. The lowest BCUT2D eigenvalue weighted by atomic mass is 9.91. The number of azo groups is 2. The molecule has 97 heavy (non-hydrogen) atoms. The third-order valence-electron chi connectivity index (χ3n) is 14.0. The summed E-state index contributed by atoms with van der Waals surface area (Å²) in [6.07, 6.45) is 3.84. The van der Waals surface area contributed by atoms with Crippen molar-refractivity contribution in [2.24, 2.45) is 20.5 Å². The molecule has 0 radical (unpaired) electrons. The van der Waals surface area contributed by atoms with E-state index in [-0.39, 0.29) is 91.0 Å². The van der Waals surface area contributed by atoms with Gasteiger partial charge in [0.25, 0.3) is 11.9 Å². The molecule has 0 aliphatic carbocycles. The van der Waals surface area contributed by atoms with Gasteiger partial charge < -0.3 is 35.5 Å². The molecule has 0 aliphatic rings. The van der Waals surface area contributed by atoms with E-state index < -0.39 is 93.7 Å². The normalized spacial score (nSPS) is 12.1. The lowest BCUT2D eigenvalue weighted by Crippen LogP contribution is -2.16. The summed E-state index contributed by atoms with van der Waals surface area (Å²) in [5, 5.41) is 47.1. The number of benzene rings is 6. The molecule has 0 amide bonds. The zero-order chi connectivity index (χ0) is 69.3. The van der Waals surface area contributed by atoms with Crippen LogP contribution in [0.5, 0.6) is 29.0 Å². The lowest BCUT2D eigenvalue weighted by molar-refractivity contribution is 0.0715. The molecule has 30 nitrogen and oxygen atoms in total. The van der Waals surface area contributed by atoms with Crippen molar-refractivity contribution in [2.75, 3.05) is 24.0 Å². The van der Waals surface area contributed by atoms with E-state index in [1.807, 2.05) is 0 Å². The number of carbonyl (C=O) groups is 4. The van der Waals surface area contributed by atoms with E-state index >= 15 is 0 Å². The Bertz CT molecular complexity index is 4740. The maximum absolute atomic E-state index is 13.8. The molecule has 0 fully saturated rings. The van der Waals surface area contributed by atoms with Gasteiger partial charge in [0.2, 0.25) is 0 Å². The van der Waals surface area contributed by atoms with Gasteiger partial charge in [-0.3, -0.25) is 0 Å². The Kier molecular flexibility index (Phi) is 17.8. The van der Waals surface area contributed by atoms with Gasteiger partial charge in [-0.15, -0.1) is 20.5 Å². The highest BCUT2D eigenvalue weighted by Crippen LogP contribution is 2.42. The van der Waals surface area contributed by atoms with E-state index in [0.717, 1.165) is 43.6 Å². The van der Waals surface area contributed by atoms with Gasteiger partial charge in [-0.1, -0.05) is 114 Å². The third-order valence-corrected chi connectivity index (χ3v) is 16.2.